The Hall–Kier alpha value is -2.94. The highest BCUT2D eigenvalue weighted by Crippen LogP contribution is 2.23. The van der Waals surface area contributed by atoms with Crippen LogP contribution >= 0.6 is 0 Å². The number of pyridine rings is 1. The molecule has 0 fully saturated rings. The topological polar surface area (TPSA) is 91.9 Å². The van der Waals surface area contributed by atoms with Gasteiger partial charge in [0.2, 0.25) is 5.69 Å². The molecule has 6 heteroatoms. The average Bonchev–Trinajstić information content (AvgIpc) is 2.47. The van der Waals surface area contributed by atoms with Gasteiger partial charge in [-0.15, -0.1) is 0 Å². The molecular weight excluding hydrogens is 268 g/mol. The fourth-order valence-corrected chi connectivity index (χ4v) is 1.87. The fourth-order valence-electron chi connectivity index (χ4n) is 1.87. The lowest BCUT2D eigenvalue weighted by Gasteiger charge is -2.10. The Morgan fingerprint density at radius 3 is 2.71 bits per heavy atom. The van der Waals surface area contributed by atoms with Gasteiger partial charge in [0.1, 0.15) is 11.9 Å². The van der Waals surface area contributed by atoms with Crippen LogP contribution in [-0.4, -0.2) is 9.91 Å². The van der Waals surface area contributed by atoms with Crippen molar-refractivity contribution < 1.29 is 4.92 Å². The van der Waals surface area contributed by atoms with Gasteiger partial charge in [-0.2, -0.15) is 5.26 Å². The van der Waals surface area contributed by atoms with Crippen LogP contribution in [0.4, 0.5) is 17.2 Å². The number of nitro groups is 1. The second kappa shape index (κ2) is 6.01. The molecule has 0 aliphatic heterocycles. The highest BCUT2D eigenvalue weighted by Gasteiger charge is 2.15. The van der Waals surface area contributed by atoms with E-state index >= 15 is 0 Å². The molecule has 2 rings (SSSR count). The number of aromatic nitrogens is 1. The van der Waals surface area contributed by atoms with Crippen molar-refractivity contribution in [2.45, 2.75) is 19.8 Å². The molecule has 0 saturated carbocycles. The third-order valence-corrected chi connectivity index (χ3v) is 3.00. The molecular formula is C15H14N4O2. The van der Waals surface area contributed by atoms with Crippen molar-refractivity contribution in [2.24, 2.45) is 0 Å². The SMILES string of the molecule is CC(C)c1cccc(Nc2ccc([N+](=O)[O-])c(C#N)n2)c1. The van der Waals surface area contributed by atoms with Crippen LogP contribution in [0.25, 0.3) is 0 Å². The molecule has 1 N–H and O–H groups in total. The smallest absolute Gasteiger partial charge is 0.305 e. The lowest BCUT2D eigenvalue weighted by Crippen LogP contribution is -2.00. The Bertz CT molecular complexity index is 720. The van der Waals surface area contributed by atoms with Crippen molar-refractivity contribution in [3.63, 3.8) is 0 Å². The second-order valence-electron chi connectivity index (χ2n) is 4.84. The minimum Gasteiger partial charge on any atom is -0.340 e. The molecule has 0 spiro atoms. The Morgan fingerprint density at radius 2 is 2.10 bits per heavy atom. The Labute approximate surface area is 122 Å². The predicted octanol–water partition coefficient (Wildman–Crippen LogP) is 3.73. The summed E-state index contributed by atoms with van der Waals surface area (Å²) in [6.45, 7) is 4.19. The van der Waals surface area contributed by atoms with Gasteiger partial charge in [0.25, 0.3) is 0 Å². The number of rotatable bonds is 4. The average molecular weight is 282 g/mol. The minimum atomic E-state index is -0.616. The van der Waals surface area contributed by atoms with E-state index in [1.165, 1.54) is 17.7 Å². The first-order valence-corrected chi connectivity index (χ1v) is 6.44. The van der Waals surface area contributed by atoms with E-state index in [1.54, 1.807) is 6.07 Å². The molecule has 21 heavy (non-hydrogen) atoms. The lowest BCUT2D eigenvalue weighted by atomic mass is 10.0. The van der Waals surface area contributed by atoms with Gasteiger partial charge in [-0.25, -0.2) is 4.98 Å². The third-order valence-electron chi connectivity index (χ3n) is 3.00. The van der Waals surface area contributed by atoms with Crippen molar-refractivity contribution in [3.8, 4) is 6.07 Å². The Balaban J connectivity index is 2.30. The summed E-state index contributed by atoms with van der Waals surface area (Å²) in [5.41, 5.74) is 1.50. The summed E-state index contributed by atoms with van der Waals surface area (Å²) in [6, 6.07) is 12.3. The maximum absolute atomic E-state index is 10.8. The highest BCUT2D eigenvalue weighted by molar-refractivity contribution is 5.60. The first-order chi connectivity index (χ1) is 10.0. The van der Waals surface area contributed by atoms with E-state index < -0.39 is 4.92 Å². The molecule has 1 aromatic carbocycles. The van der Waals surface area contributed by atoms with E-state index in [1.807, 2.05) is 24.3 Å². The second-order valence-corrected chi connectivity index (χ2v) is 4.84. The Kier molecular flexibility index (Phi) is 4.14. The number of benzene rings is 1. The van der Waals surface area contributed by atoms with Crippen molar-refractivity contribution >= 4 is 17.2 Å². The van der Waals surface area contributed by atoms with Crippen LogP contribution in [0.1, 0.15) is 31.0 Å². The quantitative estimate of drug-likeness (QED) is 0.681. The van der Waals surface area contributed by atoms with Gasteiger partial charge in [-0.05, 0) is 29.7 Å². The van der Waals surface area contributed by atoms with Crippen LogP contribution < -0.4 is 5.32 Å². The number of hydrogen-bond acceptors (Lipinski definition) is 5. The van der Waals surface area contributed by atoms with E-state index in [-0.39, 0.29) is 11.4 Å². The van der Waals surface area contributed by atoms with E-state index in [0.717, 1.165) is 5.69 Å². The normalized spacial score (nSPS) is 10.2. The molecule has 0 amide bonds. The van der Waals surface area contributed by atoms with Gasteiger partial charge in [0.15, 0.2) is 0 Å². The molecule has 0 bridgehead atoms. The van der Waals surface area contributed by atoms with Crippen molar-refractivity contribution in [1.29, 1.82) is 5.26 Å². The molecule has 1 heterocycles. The van der Waals surface area contributed by atoms with Crippen molar-refractivity contribution in [3.05, 3.63) is 57.8 Å². The number of nitrogens with one attached hydrogen (secondary N) is 1. The Morgan fingerprint density at radius 1 is 1.33 bits per heavy atom. The maximum Gasteiger partial charge on any atom is 0.305 e. The standard InChI is InChI=1S/C15H14N4O2/c1-10(2)11-4-3-5-12(8-11)17-15-7-6-14(19(20)21)13(9-16)18-15/h3-8,10H,1-2H3,(H,17,18). The molecule has 0 aliphatic carbocycles. The zero-order chi connectivity index (χ0) is 15.4. The molecule has 0 atom stereocenters. The number of anilines is 2. The van der Waals surface area contributed by atoms with Crippen LogP contribution in [0.15, 0.2) is 36.4 Å². The molecule has 6 nitrogen and oxygen atoms in total. The van der Waals surface area contributed by atoms with Gasteiger partial charge < -0.3 is 5.32 Å². The van der Waals surface area contributed by atoms with E-state index in [4.69, 9.17) is 5.26 Å². The summed E-state index contributed by atoms with van der Waals surface area (Å²) in [5, 5.41) is 22.7. The molecule has 1 aromatic heterocycles. The van der Waals surface area contributed by atoms with Gasteiger partial charge in [0, 0.05) is 11.8 Å². The molecule has 2 aromatic rings. The van der Waals surface area contributed by atoms with Crippen LogP contribution in [0, 0.1) is 21.4 Å². The summed E-state index contributed by atoms with van der Waals surface area (Å²) in [7, 11) is 0. The lowest BCUT2D eigenvalue weighted by molar-refractivity contribution is -0.385. The van der Waals surface area contributed by atoms with Crippen LogP contribution in [0.5, 0.6) is 0 Å². The van der Waals surface area contributed by atoms with Gasteiger partial charge in [-0.3, -0.25) is 10.1 Å². The fraction of sp³-hybridized carbons (Fsp3) is 0.200. The monoisotopic (exact) mass is 282 g/mol. The van der Waals surface area contributed by atoms with Gasteiger partial charge in [-0.1, -0.05) is 26.0 Å². The highest BCUT2D eigenvalue weighted by atomic mass is 16.6. The largest absolute Gasteiger partial charge is 0.340 e. The molecule has 106 valence electrons. The number of hydrogen-bond donors (Lipinski definition) is 1. The molecule has 0 saturated heterocycles. The third kappa shape index (κ3) is 3.34. The zero-order valence-electron chi connectivity index (χ0n) is 11.7. The van der Waals surface area contributed by atoms with Crippen LogP contribution in [0.2, 0.25) is 0 Å². The first kappa shape index (κ1) is 14.5. The van der Waals surface area contributed by atoms with E-state index in [2.05, 4.69) is 24.1 Å². The summed E-state index contributed by atoms with van der Waals surface area (Å²) in [5.74, 6) is 0.796. The summed E-state index contributed by atoms with van der Waals surface area (Å²) >= 11 is 0. The first-order valence-electron chi connectivity index (χ1n) is 6.44. The maximum atomic E-state index is 10.8. The van der Waals surface area contributed by atoms with Crippen molar-refractivity contribution in [1.82, 2.24) is 4.98 Å². The minimum absolute atomic E-state index is 0.204. The van der Waals surface area contributed by atoms with Gasteiger partial charge >= 0.3 is 5.69 Å². The number of nitriles is 1. The summed E-state index contributed by atoms with van der Waals surface area (Å²) < 4.78 is 0. The van der Waals surface area contributed by atoms with E-state index in [9.17, 15) is 10.1 Å². The predicted molar refractivity (Wildman–Crippen MR) is 79.4 cm³/mol. The summed E-state index contributed by atoms with van der Waals surface area (Å²) in [4.78, 5) is 14.1. The van der Waals surface area contributed by atoms with Crippen LogP contribution in [-0.2, 0) is 0 Å². The summed E-state index contributed by atoms with van der Waals surface area (Å²) in [6.07, 6.45) is 0. The van der Waals surface area contributed by atoms with Crippen molar-refractivity contribution in [2.75, 3.05) is 5.32 Å². The molecule has 0 unspecified atom stereocenters. The molecule has 0 aliphatic rings. The number of nitrogens with zero attached hydrogens (tertiary/aromatic N) is 3. The molecule has 0 radical (unpaired) electrons. The van der Waals surface area contributed by atoms with Gasteiger partial charge in [0.05, 0.1) is 4.92 Å². The van der Waals surface area contributed by atoms with Crippen LogP contribution in [0.3, 0.4) is 0 Å². The zero-order valence-corrected chi connectivity index (χ0v) is 11.7. The van der Waals surface area contributed by atoms with E-state index in [0.29, 0.717) is 11.7 Å².